The molecule has 2 aliphatic heterocycles. The van der Waals surface area contributed by atoms with Gasteiger partial charge in [-0.15, -0.1) is 6.58 Å². The van der Waals surface area contributed by atoms with Crippen molar-refractivity contribution < 1.29 is 24.4 Å². The van der Waals surface area contributed by atoms with Gasteiger partial charge in [-0.1, -0.05) is 36.4 Å². The molecule has 126 valence electrons. The predicted octanol–water partition coefficient (Wildman–Crippen LogP) is 1.78. The molecule has 2 heterocycles. The van der Waals surface area contributed by atoms with Crippen LogP contribution in [-0.4, -0.2) is 46.5 Å². The summed E-state index contributed by atoms with van der Waals surface area (Å²) >= 11 is 0. The maximum absolute atomic E-state index is 11.0. The number of fused-ring (bicyclic) bond motifs is 2. The van der Waals surface area contributed by atoms with E-state index in [-0.39, 0.29) is 6.61 Å². The highest BCUT2D eigenvalue weighted by atomic mass is 16.7. The minimum Gasteiger partial charge on any atom is -0.393 e. The number of ether oxygens (including phenoxy) is 3. The monoisotopic (exact) mass is 320 g/mol. The first-order valence-electron chi connectivity index (χ1n) is 7.92. The van der Waals surface area contributed by atoms with E-state index in [0.717, 1.165) is 5.56 Å². The van der Waals surface area contributed by atoms with Gasteiger partial charge < -0.3 is 24.4 Å². The fourth-order valence-electron chi connectivity index (χ4n) is 3.57. The van der Waals surface area contributed by atoms with E-state index in [9.17, 15) is 10.2 Å². The van der Waals surface area contributed by atoms with E-state index >= 15 is 0 Å². The lowest BCUT2D eigenvalue weighted by atomic mass is 9.77. The van der Waals surface area contributed by atoms with Crippen LogP contribution in [-0.2, 0) is 20.8 Å². The second-order valence-electron chi connectivity index (χ2n) is 6.57. The Hall–Kier alpha value is -1.24. The molecule has 2 bridgehead atoms. The molecule has 2 fully saturated rings. The summed E-state index contributed by atoms with van der Waals surface area (Å²) in [5.41, 5.74) is -1.52. The maximum Gasteiger partial charge on any atom is 0.167 e. The highest BCUT2D eigenvalue weighted by Crippen LogP contribution is 2.52. The number of rotatable bonds is 6. The van der Waals surface area contributed by atoms with Gasteiger partial charge in [0.05, 0.1) is 19.8 Å². The Bertz CT molecular complexity index is 562. The minimum absolute atomic E-state index is 0.183. The van der Waals surface area contributed by atoms with Gasteiger partial charge in [-0.2, -0.15) is 0 Å². The molecule has 0 saturated carbocycles. The number of hydrogen-bond donors (Lipinski definition) is 2. The van der Waals surface area contributed by atoms with Crippen molar-refractivity contribution >= 4 is 0 Å². The molecule has 5 heteroatoms. The summed E-state index contributed by atoms with van der Waals surface area (Å²) in [4.78, 5) is 0. The molecule has 23 heavy (non-hydrogen) atoms. The van der Waals surface area contributed by atoms with E-state index < -0.39 is 29.7 Å². The van der Waals surface area contributed by atoms with Crippen molar-refractivity contribution in [3.05, 3.63) is 48.6 Å². The second-order valence-corrected chi connectivity index (χ2v) is 6.57. The summed E-state index contributed by atoms with van der Waals surface area (Å²) in [5.74, 6) is -0.781. The molecule has 1 aromatic carbocycles. The Balaban J connectivity index is 1.78. The van der Waals surface area contributed by atoms with E-state index in [0.29, 0.717) is 19.4 Å². The van der Waals surface area contributed by atoms with Crippen molar-refractivity contribution in [2.75, 3.05) is 13.2 Å². The summed E-state index contributed by atoms with van der Waals surface area (Å²) in [6.45, 7) is 5.69. The molecular weight excluding hydrogens is 296 g/mol. The number of aliphatic hydroxyl groups excluding tert-OH is 1. The summed E-state index contributed by atoms with van der Waals surface area (Å²) in [5, 5.41) is 20.9. The molecule has 2 N–H and O–H groups in total. The quantitative estimate of drug-likeness (QED) is 0.782. The molecule has 4 atom stereocenters. The zero-order valence-electron chi connectivity index (χ0n) is 13.4. The minimum atomic E-state index is -1.57. The van der Waals surface area contributed by atoms with E-state index in [1.807, 2.05) is 37.3 Å². The van der Waals surface area contributed by atoms with Crippen LogP contribution in [0.3, 0.4) is 0 Å². The highest BCUT2D eigenvalue weighted by molar-refractivity contribution is 5.18. The molecule has 0 amide bonds. The third-order valence-electron chi connectivity index (χ3n) is 4.93. The second kappa shape index (κ2) is 6.00. The summed E-state index contributed by atoms with van der Waals surface area (Å²) in [7, 11) is 0. The Kier molecular flexibility index (Phi) is 4.33. The number of benzene rings is 1. The van der Waals surface area contributed by atoms with Crippen molar-refractivity contribution in [3.8, 4) is 0 Å². The van der Waals surface area contributed by atoms with Crippen LogP contribution in [0.1, 0.15) is 25.3 Å². The summed E-state index contributed by atoms with van der Waals surface area (Å²) in [6, 6.07) is 9.81. The molecule has 0 radical (unpaired) electrons. The molecule has 0 unspecified atom stereocenters. The molecule has 0 spiro atoms. The smallest absolute Gasteiger partial charge is 0.167 e. The largest absolute Gasteiger partial charge is 0.393 e. The summed E-state index contributed by atoms with van der Waals surface area (Å²) in [6.07, 6.45) is 2.01. The Morgan fingerprint density at radius 2 is 2.09 bits per heavy atom. The first kappa shape index (κ1) is 16.6. The van der Waals surface area contributed by atoms with E-state index in [1.54, 1.807) is 0 Å². The molecule has 2 aliphatic rings. The van der Waals surface area contributed by atoms with Crippen LogP contribution in [0.25, 0.3) is 0 Å². The van der Waals surface area contributed by atoms with Crippen molar-refractivity contribution in [2.45, 2.75) is 49.5 Å². The van der Waals surface area contributed by atoms with Crippen LogP contribution in [0.5, 0.6) is 0 Å². The van der Waals surface area contributed by atoms with Crippen molar-refractivity contribution in [1.82, 2.24) is 0 Å². The zero-order valence-corrected chi connectivity index (χ0v) is 13.4. The van der Waals surface area contributed by atoms with Crippen LogP contribution >= 0.6 is 0 Å². The Morgan fingerprint density at radius 1 is 1.35 bits per heavy atom. The van der Waals surface area contributed by atoms with Gasteiger partial charge in [0.1, 0.15) is 17.3 Å². The van der Waals surface area contributed by atoms with Crippen LogP contribution in [0, 0.1) is 0 Å². The fraction of sp³-hybridized carbons (Fsp3) is 0.556. The predicted molar refractivity (Wildman–Crippen MR) is 84.7 cm³/mol. The average Bonchev–Trinajstić information content (AvgIpc) is 2.87. The standard InChI is InChI=1S/C18H24O5/c1-3-15-18(20,12-19)17(10-9-16(2,22-15)23-17)13-21-11-14-7-5-4-6-8-14/h3-8,15,19-20H,1,9-13H2,2H3/t15-,16-,17-,18+/m1/s1. The molecule has 0 aliphatic carbocycles. The van der Waals surface area contributed by atoms with Gasteiger partial charge in [0, 0.05) is 6.42 Å². The average molecular weight is 320 g/mol. The molecule has 3 rings (SSSR count). The lowest BCUT2D eigenvalue weighted by Crippen LogP contribution is -2.70. The number of hydrogen-bond acceptors (Lipinski definition) is 5. The van der Waals surface area contributed by atoms with Gasteiger partial charge in [-0.3, -0.25) is 0 Å². The highest BCUT2D eigenvalue weighted by Gasteiger charge is 2.67. The Morgan fingerprint density at radius 3 is 2.74 bits per heavy atom. The van der Waals surface area contributed by atoms with Crippen LogP contribution < -0.4 is 0 Å². The van der Waals surface area contributed by atoms with E-state index in [4.69, 9.17) is 14.2 Å². The van der Waals surface area contributed by atoms with Gasteiger partial charge in [-0.05, 0) is 18.9 Å². The SMILES string of the molecule is C=C[C@H]1O[C@@]2(C)CC[C@](COCc3ccccc3)(O2)[C@]1(O)CO. The van der Waals surface area contributed by atoms with Crippen molar-refractivity contribution in [2.24, 2.45) is 0 Å². The van der Waals surface area contributed by atoms with Crippen LogP contribution in [0.2, 0.25) is 0 Å². The maximum atomic E-state index is 11.0. The molecule has 1 aromatic rings. The lowest BCUT2D eigenvalue weighted by molar-refractivity contribution is -0.376. The molecule has 5 nitrogen and oxygen atoms in total. The van der Waals surface area contributed by atoms with Crippen LogP contribution in [0.15, 0.2) is 43.0 Å². The Labute approximate surface area is 136 Å². The fourth-order valence-corrected chi connectivity index (χ4v) is 3.57. The summed E-state index contributed by atoms with van der Waals surface area (Å²) < 4.78 is 17.7. The van der Waals surface area contributed by atoms with Gasteiger partial charge in [-0.25, -0.2) is 0 Å². The lowest BCUT2D eigenvalue weighted by Gasteiger charge is -2.52. The van der Waals surface area contributed by atoms with Crippen molar-refractivity contribution in [3.63, 3.8) is 0 Å². The first-order chi connectivity index (χ1) is 11.0. The van der Waals surface area contributed by atoms with Crippen LogP contribution in [0.4, 0.5) is 0 Å². The van der Waals surface area contributed by atoms with E-state index in [2.05, 4.69) is 6.58 Å². The van der Waals surface area contributed by atoms with Gasteiger partial charge in [0.2, 0.25) is 0 Å². The third kappa shape index (κ3) is 2.73. The van der Waals surface area contributed by atoms with E-state index in [1.165, 1.54) is 6.08 Å². The molecule has 2 saturated heterocycles. The van der Waals surface area contributed by atoms with Crippen molar-refractivity contribution in [1.29, 1.82) is 0 Å². The van der Waals surface area contributed by atoms with Gasteiger partial charge in [0.25, 0.3) is 0 Å². The third-order valence-corrected chi connectivity index (χ3v) is 4.93. The topological polar surface area (TPSA) is 68.2 Å². The zero-order chi connectivity index (χ0) is 16.6. The van der Waals surface area contributed by atoms with Gasteiger partial charge >= 0.3 is 0 Å². The number of aliphatic hydroxyl groups is 2. The van der Waals surface area contributed by atoms with Gasteiger partial charge in [0.15, 0.2) is 5.79 Å². The molecular formula is C18H24O5. The first-order valence-corrected chi connectivity index (χ1v) is 7.92. The normalized spacial score (nSPS) is 39.3. The molecule has 0 aromatic heterocycles.